The Kier molecular flexibility index (Phi) is 1.26. The van der Waals surface area contributed by atoms with E-state index < -0.39 is 0 Å². The van der Waals surface area contributed by atoms with E-state index in [1.807, 2.05) is 24.3 Å². The quantitative estimate of drug-likeness (QED) is 0.471. The van der Waals surface area contributed by atoms with E-state index in [0.29, 0.717) is 6.01 Å². The fraction of sp³-hybridized carbons (Fsp3) is 0. The number of nitrogen functional groups attached to an aromatic ring is 1. The van der Waals surface area contributed by atoms with Gasteiger partial charge in [-0.3, -0.25) is 5.43 Å². The minimum absolute atomic E-state index is 0.339. The first-order valence-electron chi connectivity index (χ1n) is 3.22. The summed E-state index contributed by atoms with van der Waals surface area (Å²) in [5, 5.41) is 0. The van der Waals surface area contributed by atoms with Crippen molar-refractivity contribution in [2.75, 3.05) is 5.43 Å². The minimum Gasteiger partial charge on any atom is -0.423 e. The summed E-state index contributed by atoms with van der Waals surface area (Å²) in [6, 6.07) is 7.81. The van der Waals surface area contributed by atoms with Crippen LogP contribution in [0.4, 0.5) is 6.01 Å². The largest absolute Gasteiger partial charge is 0.423 e. The van der Waals surface area contributed by atoms with E-state index >= 15 is 0 Å². The van der Waals surface area contributed by atoms with E-state index in [9.17, 15) is 0 Å². The summed E-state index contributed by atoms with van der Waals surface area (Å²) in [5.41, 5.74) is 3.88. The number of para-hydroxylation sites is 2. The highest BCUT2D eigenvalue weighted by atomic mass is 16.4. The molecule has 0 fully saturated rings. The average Bonchev–Trinajstić information content (AvgIpc) is 2.46. The maximum absolute atomic E-state index is 5.17. The normalized spacial score (nSPS) is 10.3. The zero-order valence-electron chi connectivity index (χ0n) is 5.74. The molecule has 0 unspecified atom stereocenters. The molecule has 0 amide bonds. The second-order valence-corrected chi connectivity index (χ2v) is 2.13. The Morgan fingerprint density at radius 1 is 1.36 bits per heavy atom. The molecule has 0 aliphatic rings. The van der Waals surface area contributed by atoms with Crippen LogP contribution in [0.2, 0.25) is 0 Å². The van der Waals surface area contributed by atoms with Crippen LogP contribution in [0.5, 0.6) is 0 Å². The summed E-state index contributed by atoms with van der Waals surface area (Å²) in [4.78, 5) is 4.03. The molecular weight excluding hydrogens is 142 g/mol. The molecule has 4 nitrogen and oxygen atoms in total. The number of hydrazine groups is 1. The summed E-state index contributed by atoms with van der Waals surface area (Å²) < 4.78 is 5.17. The van der Waals surface area contributed by atoms with Crippen molar-refractivity contribution in [3.63, 3.8) is 0 Å². The lowest BCUT2D eigenvalue weighted by Gasteiger charge is -1.84. The van der Waals surface area contributed by atoms with Crippen molar-refractivity contribution in [1.29, 1.82) is 0 Å². The molecule has 0 aliphatic carbocycles. The molecule has 56 valence electrons. The highest BCUT2D eigenvalue weighted by molar-refractivity contribution is 5.73. The molecule has 2 aromatic rings. The van der Waals surface area contributed by atoms with Crippen LogP contribution in [0.3, 0.4) is 0 Å². The summed E-state index contributed by atoms with van der Waals surface area (Å²) in [6.07, 6.45) is 0. The molecule has 0 spiro atoms. The van der Waals surface area contributed by atoms with Crippen molar-refractivity contribution >= 4 is 17.1 Å². The Morgan fingerprint density at radius 2 is 2.18 bits per heavy atom. The van der Waals surface area contributed by atoms with Crippen LogP contribution in [0.25, 0.3) is 11.1 Å². The lowest BCUT2D eigenvalue weighted by molar-refractivity contribution is 0.617. The number of aromatic nitrogens is 1. The molecule has 0 aliphatic heterocycles. The van der Waals surface area contributed by atoms with Gasteiger partial charge in [-0.05, 0) is 12.1 Å². The molecule has 0 radical (unpaired) electrons. The number of hydrogen-bond acceptors (Lipinski definition) is 4. The molecule has 0 saturated carbocycles. The fourth-order valence-corrected chi connectivity index (χ4v) is 0.934. The first kappa shape index (κ1) is 6.18. The number of rotatable bonds is 1. The SMILES string of the molecule is NNc1nc2ccccc2o1. The van der Waals surface area contributed by atoms with E-state index in [2.05, 4.69) is 10.4 Å². The maximum atomic E-state index is 5.17. The monoisotopic (exact) mass is 149 g/mol. The molecule has 1 aromatic heterocycles. The zero-order chi connectivity index (χ0) is 7.68. The molecular formula is C7H7N3O. The van der Waals surface area contributed by atoms with Crippen LogP contribution in [0.15, 0.2) is 28.7 Å². The number of anilines is 1. The Morgan fingerprint density at radius 3 is 2.91 bits per heavy atom. The van der Waals surface area contributed by atoms with Gasteiger partial charge in [0.2, 0.25) is 0 Å². The lowest BCUT2D eigenvalue weighted by atomic mass is 10.3. The van der Waals surface area contributed by atoms with E-state index in [4.69, 9.17) is 10.3 Å². The zero-order valence-corrected chi connectivity index (χ0v) is 5.74. The highest BCUT2D eigenvalue weighted by Crippen LogP contribution is 2.16. The van der Waals surface area contributed by atoms with Gasteiger partial charge in [-0.25, -0.2) is 5.84 Å². The molecule has 0 atom stereocenters. The third-order valence-corrected chi connectivity index (χ3v) is 1.42. The molecule has 1 aromatic carbocycles. The first-order chi connectivity index (χ1) is 5.40. The van der Waals surface area contributed by atoms with Gasteiger partial charge in [0.25, 0.3) is 0 Å². The van der Waals surface area contributed by atoms with Crippen LogP contribution in [0, 0.1) is 0 Å². The van der Waals surface area contributed by atoms with Crippen LogP contribution in [-0.4, -0.2) is 4.98 Å². The van der Waals surface area contributed by atoms with Gasteiger partial charge in [0.1, 0.15) is 5.52 Å². The highest BCUT2D eigenvalue weighted by Gasteiger charge is 2.00. The van der Waals surface area contributed by atoms with Crippen LogP contribution < -0.4 is 11.3 Å². The summed E-state index contributed by atoms with van der Waals surface area (Å²) >= 11 is 0. The summed E-state index contributed by atoms with van der Waals surface area (Å²) in [6.45, 7) is 0. The predicted octanol–water partition coefficient (Wildman–Crippen LogP) is 1.11. The van der Waals surface area contributed by atoms with Gasteiger partial charge in [-0.1, -0.05) is 12.1 Å². The van der Waals surface area contributed by atoms with E-state index in [-0.39, 0.29) is 0 Å². The number of benzene rings is 1. The number of oxazole rings is 1. The lowest BCUT2D eigenvalue weighted by Crippen LogP contribution is -2.06. The topological polar surface area (TPSA) is 64.1 Å². The molecule has 4 heteroatoms. The Bertz CT molecular complexity index is 335. The molecule has 0 bridgehead atoms. The third kappa shape index (κ3) is 0.929. The Balaban J connectivity index is 2.69. The summed E-state index contributed by atoms with van der Waals surface area (Å²) in [5.74, 6) is 5.11. The second-order valence-electron chi connectivity index (χ2n) is 2.13. The van der Waals surface area contributed by atoms with Crippen molar-refractivity contribution in [3.05, 3.63) is 24.3 Å². The number of nitrogens with one attached hydrogen (secondary N) is 1. The van der Waals surface area contributed by atoms with Gasteiger partial charge in [-0.15, -0.1) is 0 Å². The second kappa shape index (κ2) is 2.25. The van der Waals surface area contributed by atoms with Gasteiger partial charge in [0.15, 0.2) is 5.58 Å². The maximum Gasteiger partial charge on any atom is 0.310 e. The van der Waals surface area contributed by atoms with E-state index in [1.54, 1.807) is 0 Å². The number of nitrogens with zero attached hydrogens (tertiary/aromatic N) is 1. The van der Waals surface area contributed by atoms with Crippen LogP contribution >= 0.6 is 0 Å². The van der Waals surface area contributed by atoms with Gasteiger partial charge >= 0.3 is 6.01 Å². The van der Waals surface area contributed by atoms with Gasteiger partial charge in [0, 0.05) is 0 Å². The molecule has 11 heavy (non-hydrogen) atoms. The Labute approximate surface area is 63.0 Å². The van der Waals surface area contributed by atoms with Gasteiger partial charge in [-0.2, -0.15) is 4.98 Å². The minimum atomic E-state index is 0.339. The van der Waals surface area contributed by atoms with Crippen molar-refractivity contribution in [2.24, 2.45) is 5.84 Å². The number of fused-ring (bicyclic) bond motifs is 1. The van der Waals surface area contributed by atoms with E-state index in [0.717, 1.165) is 11.1 Å². The average molecular weight is 149 g/mol. The number of nitrogens with two attached hydrogens (primary N) is 1. The smallest absolute Gasteiger partial charge is 0.310 e. The molecule has 3 N–H and O–H groups in total. The number of hydrogen-bond donors (Lipinski definition) is 2. The Hall–Kier alpha value is -1.55. The summed E-state index contributed by atoms with van der Waals surface area (Å²) in [7, 11) is 0. The van der Waals surface area contributed by atoms with Crippen molar-refractivity contribution < 1.29 is 4.42 Å². The predicted molar refractivity (Wildman–Crippen MR) is 41.8 cm³/mol. The van der Waals surface area contributed by atoms with Crippen LogP contribution in [-0.2, 0) is 0 Å². The van der Waals surface area contributed by atoms with Crippen molar-refractivity contribution in [2.45, 2.75) is 0 Å². The van der Waals surface area contributed by atoms with E-state index in [1.165, 1.54) is 0 Å². The van der Waals surface area contributed by atoms with Gasteiger partial charge < -0.3 is 4.42 Å². The van der Waals surface area contributed by atoms with Crippen molar-refractivity contribution in [1.82, 2.24) is 4.98 Å². The van der Waals surface area contributed by atoms with Crippen molar-refractivity contribution in [3.8, 4) is 0 Å². The standard InChI is InChI=1S/C7H7N3O/c8-10-7-9-5-3-1-2-4-6(5)11-7/h1-4H,8H2,(H,9,10). The molecule has 0 saturated heterocycles. The molecule has 1 heterocycles. The van der Waals surface area contributed by atoms with Crippen LogP contribution in [0.1, 0.15) is 0 Å². The first-order valence-corrected chi connectivity index (χ1v) is 3.22. The fourth-order valence-electron chi connectivity index (χ4n) is 0.934. The third-order valence-electron chi connectivity index (χ3n) is 1.42. The molecule has 2 rings (SSSR count). The van der Waals surface area contributed by atoms with Gasteiger partial charge in [0.05, 0.1) is 0 Å².